The van der Waals surface area contributed by atoms with E-state index in [1.165, 1.54) is 11.3 Å². The molecule has 0 atom stereocenters. The summed E-state index contributed by atoms with van der Waals surface area (Å²) in [7, 11) is 0. The van der Waals surface area contributed by atoms with Gasteiger partial charge in [-0.15, -0.1) is 11.3 Å². The van der Waals surface area contributed by atoms with Crippen LogP contribution in [0.4, 0.5) is 5.69 Å². The van der Waals surface area contributed by atoms with E-state index in [4.69, 9.17) is 0 Å². The summed E-state index contributed by atoms with van der Waals surface area (Å²) in [6, 6.07) is 8.06. The molecule has 2 aromatic rings. The molecule has 0 aliphatic heterocycles. The lowest BCUT2D eigenvalue weighted by Gasteiger charge is -2.27. The summed E-state index contributed by atoms with van der Waals surface area (Å²) in [6.07, 6.45) is 3.50. The maximum absolute atomic E-state index is 12.4. The summed E-state index contributed by atoms with van der Waals surface area (Å²) < 4.78 is 1.81. The minimum atomic E-state index is -0.154. The lowest BCUT2D eigenvalue weighted by molar-refractivity contribution is 0.103. The molecule has 3 rings (SSSR count). The van der Waals surface area contributed by atoms with Crippen LogP contribution in [-0.4, -0.2) is 23.2 Å². The Kier molecular flexibility index (Phi) is 6.68. The van der Waals surface area contributed by atoms with E-state index >= 15 is 0 Å². The first-order chi connectivity index (χ1) is 12.0. The van der Waals surface area contributed by atoms with Crippen molar-refractivity contribution in [3.05, 3.63) is 49.0 Å². The number of carbonyl (C=O) groups is 1. The van der Waals surface area contributed by atoms with Crippen molar-refractivity contribution < 1.29 is 9.90 Å². The molecule has 0 bridgehead atoms. The Hall–Kier alpha value is -0.730. The van der Waals surface area contributed by atoms with Crippen molar-refractivity contribution in [2.45, 2.75) is 44.4 Å². The van der Waals surface area contributed by atoms with Crippen LogP contribution in [0.5, 0.6) is 0 Å². The second-order valence-corrected chi connectivity index (χ2v) is 8.96. The highest BCUT2D eigenvalue weighted by molar-refractivity contribution is 9.11. The van der Waals surface area contributed by atoms with Gasteiger partial charge in [0.1, 0.15) is 0 Å². The van der Waals surface area contributed by atoms with Gasteiger partial charge in [-0.05, 0) is 70.8 Å². The van der Waals surface area contributed by atoms with Gasteiger partial charge in [-0.25, -0.2) is 0 Å². The van der Waals surface area contributed by atoms with E-state index in [2.05, 4.69) is 42.5 Å². The van der Waals surface area contributed by atoms with Crippen LogP contribution in [0.3, 0.4) is 0 Å². The molecule has 1 aliphatic carbocycles. The van der Waals surface area contributed by atoms with Gasteiger partial charge in [0.25, 0.3) is 5.91 Å². The lowest BCUT2D eigenvalue weighted by atomic mass is 9.93. The predicted octanol–water partition coefficient (Wildman–Crippen LogP) is 4.92. The minimum absolute atomic E-state index is 0.0972. The van der Waals surface area contributed by atoms with Crippen molar-refractivity contribution in [3.8, 4) is 0 Å². The van der Waals surface area contributed by atoms with E-state index in [0.29, 0.717) is 17.5 Å². The van der Waals surface area contributed by atoms with Gasteiger partial charge in [0.15, 0.2) is 0 Å². The van der Waals surface area contributed by atoms with Crippen molar-refractivity contribution >= 4 is 54.8 Å². The zero-order valence-corrected chi connectivity index (χ0v) is 17.6. The van der Waals surface area contributed by atoms with Crippen LogP contribution >= 0.6 is 43.2 Å². The third-order valence-electron chi connectivity index (χ3n) is 4.40. The van der Waals surface area contributed by atoms with E-state index in [-0.39, 0.29) is 12.0 Å². The molecule has 1 heterocycles. The molecule has 3 N–H and O–H groups in total. The molecule has 1 aromatic carbocycles. The number of amides is 1. The number of carbonyl (C=O) groups excluding carboxylic acids is 1. The Balaban J connectivity index is 1.72. The van der Waals surface area contributed by atoms with Gasteiger partial charge in [-0.2, -0.15) is 0 Å². The fraction of sp³-hybridized carbons (Fsp3) is 0.389. The molecule has 1 aliphatic rings. The molecule has 7 heteroatoms. The predicted molar refractivity (Wildman–Crippen MR) is 109 cm³/mol. The maximum atomic E-state index is 12.4. The Morgan fingerprint density at radius 2 is 2.00 bits per heavy atom. The second kappa shape index (κ2) is 8.77. The maximum Gasteiger partial charge on any atom is 0.265 e. The van der Waals surface area contributed by atoms with Crippen LogP contribution < -0.4 is 10.6 Å². The molecule has 25 heavy (non-hydrogen) atoms. The van der Waals surface area contributed by atoms with Crippen molar-refractivity contribution in [1.82, 2.24) is 5.32 Å². The Morgan fingerprint density at radius 1 is 1.24 bits per heavy atom. The van der Waals surface area contributed by atoms with Crippen molar-refractivity contribution in [3.63, 3.8) is 0 Å². The number of hydrogen-bond donors (Lipinski definition) is 3. The SMILES string of the molecule is O=C(Nc1c(Br)cc(Br)cc1CNC1CCC(O)CC1)c1cccs1. The average Bonchev–Trinajstić information content (AvgIpc) is 3.11. The van der Waals surface area contributed by atoms with Crippen LogP contribution in [0, 0.1) is 0 Å². The molecule has 4 nitrogen and oxygen atoms in total. The normalized spacial score (nSPS) is 20.4. The monoisotopic (exact) mass is 486 g/mol. The lowest BCUT2D eigenvalue weighted by Crippen LogP contribution is -2.34. The fourth-order valence-corrected chi connectivity index (χ4v) is 5.06. The number of hydrogen-bond acceptors (Lipinski definition) is 4. The number of thiophene rings is 1. The minimum Gasteiger partial charge on any atom is -0.393 e. The summed E-state index contributed by atoms with van der Waals surface area (Å²) in [5.41, 5.74) is 1.82. The third kappa shape index (κ3) is 5.14. The second-order valence-electron chi connectivity index (χ2n) is 6.24. The molecular weight excluding hydrogens is 468 g/mol. The van der Waals surface area contributed by atoms with Gasteiger partial charge < -0.3 is 15.7 Å². The summed E-state index contributed by atoms with van der Waals surface area (Å²) in [5.74, 6) is -0.0972. The first-order valence-electron chi connectivity index (χ1n) is 8.27. The number of anilines is 1. The van der Waals surface area contributed by atoms with Gasteiger partial charge in [0.2, 0.25) is 0 Å². The van der Waals surface area contributed by atoms with E-state index in [1.54, 1.807) is 0 Å². The highest BCUT2D eigenvalue weighted by Crippen LogP contribution is 2.32. The van der Waals surface area contributed by atoms with Crippen LogP contribution in [0.15, 0.2) is 38.6 Å². The molecule has 0 saturated heterocycles. The van der Waals surface area contributed by atoms with Gasteiger partial charge in [0, 0.05) is 21.5 Å². The first kappa shape index (κ1) is 19.0. The summed E-state index contributed by atoms with van der Waals surface area (Å²) in [6.45, 7) is 0.666. The molecule has 1 aromatic heterocycles. The zero-order chi connectivity index (χ0) is 17.8. The number of rotatable bonds is 5. The first-order valence-corrected chi connectivity index (χ1v) is 10.7. The zero-order valence-electron chi connectivity index (χ0n) is 13.6. The highest BCUT2D eigenvalue weighted by atomic mass is 79.9. The van der Waals surface area contributed by atoms with Crippen molar-refractivity contribution in [2.24, 2.45) is 0 Å². The quantitative estimate of drug-likeness (QED) is 0.561. The summed E-state index contributed by atoms with van der Waals surface area (Å²) in [5, 5.41) is 18.1. The van der Waals surface area contributed by atoms with Crippen LogP contribution in [0.25, 0.3) is 0 Å². The Bertz CT molecular complexity index is 729. The topological polar surface area (TPSA) is 61.4 Å². The number of halogens is 2. The number of aliphatic hydroxyl groups excluding tert-OH is 1. The molecular formula is C18H20Br2N2O2S. The largest absolute Gasteiger partial charge is 0.393 e. The molecule has 0 unspecified atom stereocenters. The molecule has 1 saturated carbocycles. The Labute approximate surface area is 168 Å². The molecule has 1 fully saturated rings. The highest BCUT2D eigenvalue weighted by Gasteiger charge is 2.20. The number of benzene rings is 1. The molecule has 1 amide bonds. The number of nitrogens with one attached hydrogen (secondary N) is 2. The third-order valence-corrected chi connectivity index (χ3v) is 6.35. The molecule has 0 radical (unpaired) electrons. The van der Waals surface area contributed by atoms with Gasteiger partial charge >= 0.3 is 0 Å². The Morgan fingerprint density at radius 3 is 2.68 bits per heavy atom. The van der Waals surface area contributed by atoms with Crippen LogP contribution in [0.2, 0.25) is 0 Å². The van der Waals surface area contributed by atoms with Crippen molar-refractivity contribution in [1.29, 1.82) is 0 Å². The van der Waals surface area contributed by atoms with Crippen LogP contribution in [-0.2, 0) is 6.54 Å². The van der Waals surface area contributed by atoms with E-state index in [1.807, 2.05) is 29.6 Å². The molecule has 0 spiro atoms. The summed E-state index contributed by atoms with van der Waals surface area (Å²) in [4.78, 5) is 13.1. The smallest absolute Gasteiger partial charge is 0.265 e. The van der Waals surface area contributed by atoms with E-state index < -0.39 is 0 Å². The van der Waals surface area contributed by atoms with Gasteiger partial charge in [-0.3, -0.25) is 4.79 Å². The van der Waals surface area contributed by atoms with Gasteiger partial charge in [0.05, 0.1) is 16.7 Å². The van der Waals surface area contributed by atoms with Crippen molar-refractivity contribution in [2.75, 3.05) is 5.32 Å². The van der Waals surface area contributed by atoms with Gasteiger partial charge in [-0.1, -0.05) is 22.0 Å². The average molecular weight is 488 g/mol. The fourth-order valence-electron chi connectivity index (χ4n) is 3.02. The summed E-state index contributed by atoms with van der Waals surface area (Å²) >= 11 is 8.51. The van der Waals surface area contributed by atoms with Crippen LogP contribution in [0.1, 0.15) is 40.9 Å². The van der Waals surface area contributed by atoms with E-state index in [0.717, 1.165) is 45.9 Å². The molecule has 134 valence electrons. The van der Waals surface area contributed by atoms with E-state index in [9.17, 15) is 9.90 Å². The number of aliphatic hydroxyl groups is 1. The standard InChI is InChI=1S/C18H20Br2N2O2S/c19-12-8-11(10-21-13-3-5-14(23)6-4-13)17(15(20)9-12)22-18(24)16-2-1-7-25-16/h1-2,7-9,13-14,21,23H,3-6,10H2,(H,22,24).